The standard InChI is InChI=1S/C14H22N2/c1-10-4-6-11(7-5-10)14(16(2)3)12-8-13(15)9-12/h4-7,12-14H,8-9,15H2,1-3H3. The zero-order valence-electron chi connectivity index (χ0n) is 10.5. The molecule has 2 nitrogen and oxygen atoms in total. The highest BCUT2D eigenvalue weighted by atomic mass is 15.1. The van der Waals surface area contributed by atoms with E-state index in [1.54, 1.807) is 0 Å². The number of hydrogen-bond acceptors (Lipinski definition) is 2. The molecule has 88 valence electrons. The van der Waals surface area contributed by atoms with E-state index in [4.69, 9.17) is 5.73 Å². The Hall–Kier alpha value is -0.860. The highest BCUT2D eigenvalue weighted by molar-refractivity contribution is 5.25. The van der Waals surface area contributed by atoms with Gasteiger partial charge in [0.2, 0.25) is 0 Å². The van der Waals surface area contributed by atoms with Gasteiger partial charge >= 0.3 is 0 Å². The average Bonchev–Trinajstić information content (AvgIpc) is 2.18. The quantitative estimate of drug-likeness (QED) is 0.843. The van der Waals surface area contributed by atoms with Crippen molar-refractivity contribution < 1.29 is 0 Å². The summed E-state index contributed by atoms with van der Waals surface area (Å²) in [5.41, 5.74) is 8.64. The van der Waals surface area contributed by atoms with Crippen molar-refractivity contribution in [3.05, 3.63) is 35.4 Å². The van der Waals surface area contributed by atoms with Gasteiger partial charge in [0, 0.05) is 12.1 Å². The van der Waals surface area contributed by atoms with Gasteiger partial charge in [-0.15, -0.1) is 0 Å². The Balaban J connectivity index is 2.16. The van der Waals surface area contributed by atoms with Crippen molar-refractivity contribution in [1.29, 1.82) is 0 Å². The molecule has 1 atom stereocenters. The van der Waals surface area contributed by atoms with Gasteiger partial charge in [0.25, 0.3) is 0 Å². The fourth-order valence-electron chi connectivity index (χ4n) is 2.72. The zero-order chi connectivity index (χ0) is 11.7. The van der Waals surface area contributed by atoms with E-state index in [2.05, 4.69) is 50.2 Å². The maximum atomic E-state index is 5.89. The highest BCUT2D eigenvalue weighted by Gasteiger charge is 2.34. The first kappa shape index (κ1) is 11.6. The highest BCUT2D eigenvalue weighted by Crippen LogP contribution is 2.39. The van der Waals surface area contributed by atoms with Crippen LogP contribution in [-0.2, 0) is 0 Å². The molecule has 1 aromatic carbocycles. The molecule has 0 amide bonds. The van der Waals surface area contributed by atoms with Gasteiger partial charge in [-0.1, -0.05) is 29.8 Å². The van der Waals surface area contributed by atoms with Crippen molar-refractivity contribution in [2.75, 3.05) is 14.1 Å². The first-order valence-corrected chi connectivity index (χ1v) is 6.06. The summed E-state index contributed by atoms with van der Waals surface area (Å²) in [7, 11) is 4.32. The average molecular weight is 218 g/mol. The van der Waals surface area contributed by atoms with Crippen molar-refractivity contribution in [2.24, 2.45) is 11.7 Å². The third-order valence-electron chi connectivity index (χ3n) is 3.63. The van der Waals surface area contributed by atoms with Gasteiger partial charge in [-0.2, -0.15) is 0 Å². The lowest BCUT2D eigenvalue weighted by atomic mass is 9.73. The van der Waals surface area contributed by atoms with Gasteiger partial charge in [0.15, 0.2) is 0 Å². The number of benzene rings is 1. The summed E-state index contributed by atoms with van der Waals surface area (Å²) in [4.78, 5) is 2.32. The summed E-state index contributed by atoms with van der Waals surface area (Å²) in [5.74, 6) is 0.729. The number of nitrogens with zero attached hydrogens (tertiary/aromatic N) is 1. The smallest absolute Gasteiger partial charge is 0.0371 e. The van der Waals surface area contributed by atoms with E-state index in [9.17, 15) is 0 Å². The van der Waals surface area contributed by atoms with Crippen LogP contribution in [0.5, 0.6) is 0 Å². The lowest BCUT2D eigenvalue weighted by Gasteiger charge is -2.41. The van der Waals surface area contributed by atoms with Gasteiger partial charge in [-0.3, -0.25) is 0 Å². The predicted molar refractivity (Wildman–Crippen MR) is 68.3 cm³/mol. The Morgan fingerprint density at radius 3 is 2.19 bits per heavy atom. The Bertz CT molecular complexity index is 336. The molecule has 0 spiro atoms. The summed E-state index contributed by atoms with van der Waals surface area (Å²) < 4.78 is 0. The molecule has 1 fully saturated rings. The van der Waals surface area contributed by atoms with E-state index in [0.29, 0.717) is 12.1 Å². The molecule has 2 heteroatoms. The topological polar surface area (TPSA) is 29.3 Å². The molecular weight excluding hydrogens is 196 g/mol. The third kappa shape index (κ3) is 2.28. The van der Waals surface area contributed by atoms with E-state index < -0.39 is 0 Å². The van der Waals surface area contributed by atoms with Gasteiger partial charge in [-0.05, 0) is 45.3 Å². The molecule has 0 radical (unpaired) electrons. The SMILES string of the molecule is Cc1ccc(C(C2CC(N)C2)N(C)C)cc1. The Labute approximate surface area is 98.4 Å². The van der Waals surface area contributed by atoms with E-state index in [1.807, 2.05) is 0 Å². The van der Waals surface area contributed by atoms with Gasteiger partial charge in [-0.25, -0.2) is 0 Å². The second kappa shape index (κ2) is 4.56. The van der Waals surface area contributed by atoms with E-state index in [-0.39, 0.29) is 0 Å². The fourth-order valence-corrected chi connectivity index (χ4v) is 2.72. The molecule has 0 heterocycles. The number of aryl methyl sites for hydroxylation is 1. The monoisotopic (exact) mass is 218 g/mol. The summed E-state index contributed by atoms with van der Waals surface area (Å²) in [5, 5.41) is 0. The summed E-state index contributed by atoms with van der Waals surface area (Å²) in [6, 6.07) is 9.86. The Morgan fingerprint density at radius 1 is 1.19 bits per heavy atom. The van der Waals surface area contributed by atoms with Crippen LogP contribution in [0.25, 0.3) is 0 Å². The van der Waals surface area contributed by atoms with Crippen LogP contribution in [0.4, 0.5) is 0 Å². The van der Waals surface area contributed by atoms with Gasteiger partial charge in [0.1, 0.15) is 0 Å². The molecule has 0 aliphatic heterocycles. The largest absolute Gasteiger partial charge is 0.328 e. The summed E-state index contributed by atoms with van der Waals surface area (Å²) >= 11 is 0. The van der Waals surface area contributed by atoms with Crippen LogP contribution in [-0.4, -0.2) is 25.0 Å². The minimum Gasteiger partial charge on any atom is -0.328 e. The third-order valence-corrected chi connectivity index (χ3v) is 3.63. The normalized spacial score (nSPS) is 26.6. The first-order chi connectivity index (χ1) is 7.58. The molecule has 0 saturated heterocycles. The van der Waals surface area contributed by atoms with E-state index >= 15 is 0 Å². The van der Waals surface area contributed by atoms with Crippen LogP contribution < -0.4 is 5.73 Å². The van der Waals surface area contributed by atoms with Crippen molar-refractivity contribution >= 4 is 0 Å². The minimum absolute atomic E-state index is 0.429. The van der Waals surface area contributed by atoms with Crippen molar-refractivity contribution in [1.82, 2.24) is 4.90 Å². The maximum absolute atomic E-state index is 5.89. The maximum Gasteiger partial charge on any atom is 0.0371 e. The van der Waals surface area contributed by atoms with E-state index in [1.165, 1.54) is 11.1 Å². The molecule has 0 bridgehead atoms. The molecule has 16 heavy (non-hydrogen) atoms. The molecule has 1 saturated carbocycles. The van der Waals surface area contributed by atoms with E-state index in [0.717, 1.165) is 18.8 Å². The lowest BCUT2D eigenvalue weighted by molar-refractivity contribution is 0.123. The molecule has 1 aromatic rings. The summed E-state index contributed by atoms with van der Waals surface area (Å²) in [6.07, 6.45) is 2.33. The van der Waals surface area contributed by atoms with Gasteiger partial charge < -0.3 is 10.6 Å². The van der Waals surface area contributed by atoms with Gasteiger partial charge in [0.05, 0.1) is 0 Å². The first-order valence-electron chi connectivity index (χ1n) is 6.06. The summed E-state index contributed by atoms with van der Waals surface area (Å²) in [6.45, 7) is 2.13. The van der Waals surface area contributed by atoms with Crippen LogP contribution >= 0.6 is 0 Å². The molecular formula is C14H22N2. The zero-order valence-corrected chi connectivity index (χ0v) is 10.5. The van der Waals surface area contributed by atoms with Crippen molar-refractivity contribution in [2.45, 2.75) is 31.8 Å². The number of hydrogen-bond donors (Lipinski definition) is 1. The Morgan fingerprint density at radius 2 is 1.75 bits per heavy atom. The van der Waals surface area contributed by atoms with Crippen LogP contribution in [0.1, 0.15) is 30.0 Å². The van der Waals surface area contributed by atoms with Crippen molar-refractivity contribution in [3.8, 4) is 0 Å². The Kier molecular flexibility index (Phi) is 3.31. The molecule has 2 N–H and O–H groups in total. The fraction of sp³-hybridized carbons (Fsp3) is 0.571. The predicted octanol–water partition coefficient (Wildman–Crippen LogP) is 2.34. The van der Waals surface area contributed by atoms with Crippen molar-refractivity contribution in [3.63, 3.8) is 0 Å². The second-order valence-electron chi connectivity index (χ2n) is 5.31. The number of rotatable bonds is 3. The van der Waals surface area contributed by atoms with Crippen LogP contribution in [0.15, 0.2) is 24.3 Å². The minimum atomic E-state index is 0.429. The molecule has 1 aliphatic rings. The molecule has 1 unspecified atom stereocenters. The lowest BCUT2D eigenvalue weighted by Crippen LogP contribution is -2.43. The molecule has 0 aromatic heterocycles. The second-order valence-corrected chi connectivity index (χ2v) is 5.31. The molecule has 1 aliphatic carbocycles. The molecule has 2 rings (SSSR count). The number of nitrogens with two attached hydrogens (primary N) is 1. The van der Waals surface area contributed by atoms with Crippen LogP contribution in [0.3, 0.4) is 0 Å². The van der Waals surface area contributed by atoms with Crippen LogP contribution in [0.2, 0.25) is 0 Å². The van der Waals surface area contributed by atoms with Crippen LogP contribution in [0, 0.1) is 12.8 Å².